The van der Waals surface area contributed by atoms with Crippen LogP contribution in [0, 0.1) is 0 Å². The van der Waals surface area contributed by atoms with Crippen LogP contribution in [0.15, 0.2) is 24.3 Å². The maximum absolute atomic E-state index is 8.68. The van der Waals surface area contributed by atoms with Gasteiger partial charge in [0.05, 0.1) is 7.11 Å². The molecule has 17 heavy (non-hydrogen) atoms. The SMILES string of the molecule is COc1cccc([C@H](C)NCCCCCO)c1. The van der Waals surface area contributed by atoms with Gasteiger partial charge in [-0.05, 0) is 50.4 Å². The van der Waals surface area contributed by atoms with Gasteiger partial charge in [0, 0.05) is 12.6 Å². The highest BCUT2D eigenvalue weighted by Crippen LogP contribution is 2.18. The van der Waals surface area contributed by atoms with E-state index in [1.54, 1.807) is 7.11 Å². The van der Waals surface area contributed by atoms with Crippen LogP contribution in [0.3, 0.4) is 0 Å². The van der Waals surface area contributed by atoms with Crippen molar-refractivity contribution in [3.8, 4) is 5.75 Å². The Labute approximate surface area is 104 Å². The molecule has 0 radical (unpaired) electrons. The quantitative estimate of drug-likeness (QED) is 0.683. The standard InChI is InChI=1S/C14H23NO2/c1-12(15-9-4-3-5-10-16)13-7-6-8-14(11-13)17-2/h6-8,11-12,15-16H,3-5,9-10H2,1-2H3/t12-/m0/s1. The van der Waals surface area contributed by atoms with Crippen LogP contribution >= 0.6 is 0 Å². The summed E-state index contributed by atoms with van der Waals surface area (Å²) < 4.78 is 5.21. The van der Waals surface area contributed by atoms with Crippen LogP contribution in [-0.4, -0.2) is 25.4 Å². The van der Waals surface area contributed by atoms with E-state index in [1.807, 2.05) is 12.1 Å². The van der Waals surface area contributed by atoms with Crippen molar-refractivity contribution in [1.82, 2.24) is 5.32 Å². The van der Waals surface area contributed by atoms with Gasteiger partial charge < -0.3 is 15.2 Å². The number of rotatable bonds is 8. The topological polar surface area (TPSA) is 41.5 Å². The van der Waals surface area contributed by atoms with Crippen molar-refractivity contribution < 1.29 is 9.84 Å². The highest BCUT2D eigenvalue weighted by Gasteiger charge is 2.04. The molecule has 1 atom stereocenters. The molecule has 0 amide bonds. The summed E-state index contributed by atoms with van der Waals surface area (Å²) in [4.78, 5) is 0. The summed E-state index contributed by atoms with van der Waals surface area (Å²) in [5.74, 6) is 0.899. The molecule has 0 bridgehead atoms. The number of methoxy groups -OCH3 is 1. The second-order valence-electron chi connectivity index (χ2n) is 4.24. The Bertz CT molecular complexity index is 315. The Balaban J connectivity index is 2.33. The van der Waals surface area contributed by atoms with Crippen molar-refractivity contribution in [2.75, 3.05) is 20.3 Å². The third-order valence-corrected chi connectivity index (χ3v) is 2.88. The lowest BCUT2D eigenvalue weighted by Crippen LogP contribution is -2.19. The van der Waals surface area contributed by atoms with E-state index in [1.165, 1.54) is 5.56 Å². The first-order valence-corrected chi connectivity index (χ1v) is 6.26. The molecule has 0 heterocycles. The van der Waals surface area contributed by atoms with Gasteiger partial charge in [-0.2, -0.15) is 0 Å². The molecule has 0 aromatic heterocycles. The summed E-state index contributed by atoms with van der Waals surface area (Å²) in [6.45, 7) is 3.44. The Kier molecular flexibility index (Phi) is 6.67. The van der Waals surface area contributed by atoms with Gasteiger partial charge in [0.25, 0.3) is 0 Å². The average Bonchev–Trinajstić information content (AvgIpc) is 2.38. The van der Waals surface area contributed by atoms with Crippen molar-refractivity contribution in [3.05, 3.63) is 29.8 Å². The van der Waals surface area contributed by atoms with Gasteiger partial charge in [0.1, 0.15) is 5.75 Å². The first kappa shape index (κ1) is 14.0. The molecular formula is C14H23NO2. The Morgan fingerprint density at radius 3 is 2.82 bits per heavy atom. The molecule has 2 N–H and O–H groups in total. The molecular weight excluding hydrogens is 214 g/mol. The Morgan fingerprint density at radius 1 is 1.29 bits per heavy atom. The summed E-state index contributed by atoms with van der Waals surface area (Å²) in [5, 5.41) is 12.1. The largest absolute Gasteiger partial charge is 0.497 e. The number of aliphatic hydroxyl groups excluding tert-OH is 1. The fourth-order valence-electron chi connectivity index (χ4n) is 1.76. The summed E-state index contributed by atoms with van der Waals surface area (Å²) >= 11 is 0. The minimum absolute atomic E-state index is 0.297. The summed E-state index contributed by atoms with van der Waals surface area (Å²) in [7, 11) is 1.69. The number of benzene rings is 1. The van der Waals surface area contributed by atoms with Crippen molar-refractivity contribution >= 4 is 0 Å². The van der Waals surface area contributed by atoms with E-state index in [0.717, 1.165) is 31.6 Å². The van der Waals surface area contributed by atoms with Gasteiger partial charge in [-0.3, -0.25) is 0 Å². The first-order valence-electron chi connectivity index (χ1n) is 6.26. The predicted octanol–water partition coefficient (Wildman–Crippen LogP) is 2.51. The van der Waals surface area contributed by atoms with E-state index in [0.29, 0.717) is 12.6 Å². The number of nitrogens with one attached hydrogen (secondary N) is 1. The molecule has 96 valence electrons. The van der Waals surface area contributed by atoms with Crippen molar-refractivity contribution in [2.24, 2.45) is 0 Å². The molecule has 0 saturated heterocycles. The zero-order chi connectivity index (χ0) is 12.5. The molecule has 0 aliphatic carbocycles. The van der Waals surface area contributed by atoms with Crippen molar-refractivity contribution in [3.63, 3.8) is 0 Å². The highest BCUT2D eigenvalue weighted by molar-refractivity contribution is 5.30. The van der Waals surface area contributed by atoms with E-state index in [4.69, 9.17) is 9.84 Å². The molecule has 1 aromatic carbocycles. The molecule has 0 aliphatic rings. The molecule has 1 aromatic rings. The molecule has 0 aliphatic heterocycles. The number of ether oxygens (including phenoxy) is 1. The van der Waals surface area contributed by atoms with Crippen LogP contribution in [0.1, 0.15) is 37.8 Å². The van der Waals surface area contributed by atoms with Gasteiger partial charge >= 0.3 is 0 Å². The van der Waals surface area contributed by atoms with Gasteiger partial charge in [0.15, 0.2) is 0 Å². The van der Waals surface area contributed by atoms with E-state index in [9.17, 15) is 0 Å². The number of unbranched alkanes of at least 4 members (excludes halogenated alkanes) is 2. The fraction of sp³-hybridized carbons (Fsp3) is 0.571. The molecule has 0 saturated carbocycles. The van der Waals surface area contributed by atoms with Gasteiger partial charge in [0.2, 0.25) is 0 Å². The molecule has 0 unspecified atom stereocenters. The third kappa shape index (κ3) is 5.20. The molecule has 0 spiro atoms. The summed E-state index contributed by atoms with van der Waals surface area (Å²) in [6.07, 6.45) is 3.08. The molecule has 3 nitrogen and oxygen atoms in total. The van der Waals surface area contributed by atoms with Crippen LogP contribution in [-0.2, 0) is 0 Å². The number of aliphatic hydroxyl groups is 1. The van der Waals surface area contributed by atoms with Gasteiger partial charge in [-0.15, -0.1) is 0 Å². The average molecular weight is 237 g/mol. The highest BCUT2D eigenvalue weighted by atomic mass is 16.5. The smallest absolute Gasteiger partial charge is 0.119 e. The van der Waals surface area contributed by atoms with Crippen LogP contribution in [0.5, 0.6) is 5.75 Å². The minimum Gasteiger partial charge on any atom is -0.497 e. The fourth-order valence-corrected chi connectivity index (χ4v) is 1.76. The van der Waals surface area contributed by atoms with E-state index < -0.39 is 0 Å². The van der Waals surface area contributed by atoms with E-state index in [-0.39, 0.29) is 0 Å². The van der Waals surface area contributed by atoms with E-state index >= 15 is 0 Å². The maximum atomic E-state index is 8.68. The van der Waals surface area contributed by atoms with Crippen LogP contribution < -0.4 is 10.1 Å². The molecule has 0 fully saturated rings. The van der Waals surface area contributed by atoms with Gasteiger partial charge in [-0.1, -0.05) is 12.1 Å². The number of hydrogen-bond donors (Lipinski definition) is 2. The minimum atomic E-state index is 0.297. The van der Waals surface area contributed by atoms with Crippen molar-refractivity contribution in [1.29, 1.82) is 0 Å². The molecule has 1 rings (SSSR count). The normalized spacial score (nSPS) is 12.4. The summed E-state index contributed by atoms with van der Waals surface area (Å²) in [6, 6.07) is 8.47. The van der Waals surface area contributed by atoms with Crippen molar-refractivity contribution in [2.45, 2.75) is 32.2 Å². The lowest BCUT2D eigenvalue weighted by Gasteiger charge is -2.15. The maximum Gasteiger partial charge on any atom is 0.119 e. The molecule has 3 heteroatoms. The second kappa shape index (κ2) is 8.09. The van der Waals surface area contributed by atoms with Crippen LogP contribution in [0.4, 0.5) is 0 Å². The second-order valence-corrected chi connectivity index (χ2v) is 4.24. The number of hydrogen-bond acceptors (Lipinski definition) is 3. The van der Waals surface area contributed by atoms with Crippen LogP contribution in [0.25, 0.3) is 0 Å². The lowest BCUT2D eigenvalue weighted by molar-refractivity contribution is 0.282. The Hall–Kier alpha value is -1.06. The lowest BCUT2D eigenvalue weighted by atomic mass is 10.1. The zero-order valence-electron chi connectivity index (χ0n) is 10.8. The third-order valence-electron chi connectivity index (χ3n) is 2.88. The predicted molar refractivity (Wildman–Crippen MR) is 70.3 cm³/mol. The summed E-state index contributed by atoms with van der Waals surface area (Å²) in [5.41, 5.74) is 1.24. The Morgan fingerprint density at radius 2 is 2.12 bits per heavy atom. The zero-order valence-corrected chi connectivity index (χ0v) is 10.8. The van der Waals surface area contributed by atoms with Gasteiger partial charge in [-0.25, -0.2) is 0 Å². The first-order chi connectivity index (χ1) is 8.27. The van der Waals surface area contributed by atoms with Crippen LogP contribution in [0.2, 0.25) is 0 Å². The van der Waals surface area contributed by atoms with E-state index in [2.05, 4.69) is 24.4 Å². The monoisotopic (exact) mass is 237 g/mol.